The molecule has 0 bridgehead atoms. The zero-order valence-electron chi connectivity index (χ0n) is 13.1. The molecular formula is C15H24N6. The lowest BCUT2D eigenvalue weighted by molar-refractivity contribution is 0.270. The molecule has 1 aliphatic heterocycles. The summed E-state index contributed by atoms with van der Waals surface area (Å²) in [5.41, 5.74) is 0.914. The van der Waals surface area contributed by atoms with E-state index in [-0.39, 0.29) is 0 Å². The standard InChI is InChI=1S/C15H24N6/c1-4-20-8-5-6-12(20)10-19(3)15-14-17-7-9-21(14)11-13(16-2)18-15/h7,9,11-12,16H,4-6,8,10H2,1-3H3. The number of rotatable bonds is 5. The molecule has 1 aliphatic rings. The van der Waals surface area contributed by atoms with E-state index < -0.39 is 0 Å². The molecule has 0 radical (unpaired) electrons. The van der Waals surface area contributed by atoms with E-state index in [0.29, 0.717) is 6.04 Å². The predicted molar refractivity (Wildman–Crippen MR) is 86.1 cm³/mol. The van der Waals surface area contributed by atoms with Gasteiger partial charge in [-0.05, 0) is 25.9 Å². The Labute approximate surface area is 125 Å². The van der Waals surface area contributed by atoms with Crippen molar-refractivity contribution in [1.82, 2.24) is 19.3 Å². The highest BCUT2D eigenvalue weighted by molar-refractivity contribution is 5.66. The van der Waals surface area contributed by atoms with Gasteiger partial charge in [-0.25, -0.2) is 9.97 Å². The van der Waals surface area contributed by atoms with Crippen LogP contribution in [0, 0.1) is 0 Å². The monoisotopic (exact) mass is 288 g/mol. The van der Waals surface area contributed by atoms with Gasteiger partial charge in [0, 0.05) is 39.1 Å². The minimum Gasteiger partial charge on any atom is -0.372 e. The van der Waals surface area contributed by atoms with E-state index in [2.05, 4.69) is 34.1 Å². The van der Waals surface area contributed by atoms with Crippen LogP contribution in [0.1, 0.15) is 19.8 Å². The normalized spacial score (nSPS) is 19.3. The fourth-order valence-corrected chi connectivity index (χ4v) is 3.21. The van der Waals surface area contributed by atoms with Crippen molar-refractivity contribution in [2.75, 3.05) is 43.9 Å². The lowest BCUT2D eigenvalue weighted by Gasteiger charge is -2.28. The number of likely N-dealkylation sites (N-methyl/N-ethyl adjacent to an activating group) is 2. The molecule has 1 fully saturated rings. The summed E-state index contributed by atoms with van der Waals surface area (Å²) in [5, 5.41) is 3.12. The second kappa shape index (κ2) is 5.89. The van der Waals surface area contributed by atoms with Gasteiger partial charge in [0.15, 0.2) is 11.5 Å². The molecule has 1 N–H and O–H groups in total. The van der Waals surface area contributed by atoms with Gasteiger partial charge in [0.05, 0.1) is 6.20 Å². The summed E-state index contributed by atoms with van der Waals surface area (Å²) in [5.74, 6) is 1.80. The Bertz CT molecular complexity index is 607. The molecule has 0 spiro atoms. The van der Waals surface area contributed by atoms with Gasteiger partial charge in [0.25, 0.3) is 0 Å². The first kappa shape index (κ1) is 14.1. The molecule has 0 aromatic carbocycles. The van der Waals surface area contributed by atoms with Crippen LogP contribution in [-0.2, 0) is 0 Å². The number of fused-ring (bicyclic) bond motifs is 1. The second-order valence-electron chi connectivity index (χ2n) is 5.66. The maximum absolute atomic E-state index is 4.70. The topological polar surface area (TPSA) is 48.7 Å². The summed E-state index contributed by atoms with van der Waals surface area (Å²) in [7, 11) is 4.01. The van der Waals surface area contributed by atoms with Gasteiger partial charge >= 0.3 is 0 Å². The van der Waals surface area contributed by atoms with Crippen molar-refractivity contribution in [3.8, 4) is 0 Å². The minimum atomic E-state index is 0.620. The number of nitrogens with zero attached hydrogens (tertiary/aromatic N) is 5. The van der Waals surface area contributed by atoms with Crippen LogP contribution in [-0.4, -0.2) is 59.0 Å². The predicted octanol–water partition coefficient (Wildman–Crippen LogP) is 1.69. The highest BCUT2D eigenvalue weighted by Crippen LogP contribution is 2.23. The van der Waals surface area contributed by atoms with E-state index in [4.69, 9.17) is 4.98 Å². The summed E-state index contributed by atoms with van der Waals surface area (Å²) < 4.78 is 2.02. The van der Waals surface area contributed by atoms with Gasteiger partial charge in [-0.3, -0.25) is 4.90 Å². The summed E-state index contributed by atoms with van der Waals surface area (Å²) in [6, 6.07) is 0.620. The van der Waals surface area contributed by atoms with Crippen LogP contribution in [0.4, 0.5) is 11.6 Å². The highest BCUT2D eigenvalue weighted by Gasteiger charge is 2.25. The van der Waals surface area contributed by atoms with Gasteiger partial charge in [-0.2, -0.15) is 0 Å². The highest BCUT2D eigenvalue weighted by atomic mass is 15.3. The fourth-order valence-electron chi connectivity index (χ4n) is 3.21. The zero-order chi connectivity index (χ0) is 14.8. The molecule has 6 heteroatoms. The number of hydrogen-bond acceptors (Lipinski definition) is 5. The van der Waals surface area contributed by atoms with E-state index in [1.165, 1.54) is 19.4 Å². The third kappa shape index (κ3) is 2.68. The van der Waals surface area contributed by atoms with E-state index in [1.807, 2.05) is 30.0 Å². The maximum Gasteiger partial charge on any atom is 0.180 e. The van der Waals surface area contributed by atoms with E-state index in [0.717, 1.165) is 30.4 Å². The van der Waals surface area contributed by atoms with Crippen molar-refractivity contribution in [2.45, 2.75) is 25.8 Å². The molecule has 0 aliphatic carbocycles. The molecule has 3 rings (SSSR count). The molecule has 1 saturated heterocycles. The molecule has 1 atom stereocenters. The molecule has 2 aromatic rings. The van der Waals surface area contributed by atoms with Crippen LogP contribution in [0.2, 0.25) is 0 Å². The van der Waals surface area contributed by atoms with Gasteiger partial charge in [0.1, 0.15) is 5.82 Å². The van der Waals surface area contributed by atoms with Crippen LogP contribution < -0.4 is 10.2 Å². The average molecular weight is 288 g/mol. The van der Waals surface area contributed by atoms with Crippen molar-refractivity contribution in [3.63, 3.8) is 0 Å². The molecule has 0 saturated carbocycles. The van der Waals surface area contributed by atoms with Gasteiger partial charge in [-0.1, -0.05) is 6.92 Å². The largest absolute Gasteiger partial charge is 0.372 e. The van der Waals surface area contributed by atoms with E-state index >= 15 is 0 Å². The minimum absolute atomic E-state index is 0.620. The molecule has 114 valence electrons. The van der Waals surface area contributed by atoms with Crippen molar-refractivity contribution >= 4 is 17.3 Å². The molecule has 6 nitrogen and oxygen atoms in total. The van der Waals surface area contributed by atoms with Crippen molar-refractivity contribution in [1.29, 1.82) is 0 Å². The number of anilines is 2. The first-order valence-corrected chi connectivity index (χ1v) is 7.69. The Morgan fingerprint density at radius 2 is 2.33 bits per heavy atom. The molecular weight excluding hydrogens is 264 g/mol. The number of hydrogen-bond donors (Lipinski definition) is 1. The van der Waals surface area contributed by atoms with E-state index in [9.17, 15) is 0 Å². The molecule has 2 aromatic heterocycles. The second-order valence-corrected chi connectivity index (χ2v) is 5.66. The van der Waals surface area contributed by atoms with Gasteiger partial charge < -0.3 is 14.6 Å². The number of nitrogens with one attached hydrogen (secondary N) is 1. The quantitative estimate of drug-likeness (QED) is 0.907. The SMILES string of the molecule is CCN1CCCC1CN(C)c1nc(NC)cn2ccnc12. The third-order valence-corrected chi connectivity index (χ3v) is 4.36. The summed E-state index contributed by atoms with van der Waals surface area (Å²) >= 11 is 0. The van der Waals surface area contributed by atoms with Crippen molar-refractivity contribution in [2.24, 2.45) is 0 Å². The number of aromatic nitrogens is 3. The molecule has 21 heavy (non-hydrogen) atoms. The lowest BCUT2D eigenvalue weighted by Crippen LogP contribution is -2.39. The van der Waals surface area contributed by atoms with Crippen LogP contribution >= 0.6 is 0 Å². The van der Waals surface area contributed by atoms with Crippen LogP contribution in [0.5, 0.6) is 0 Å². The van der Waals surface area contributed by atoms with Crippen molar-refractivity contribution in [3.05, 3.63) is 18.6 Å². The Morgan fingerprint density at radius 3 is 3.10 bits per heavy atom. The first-order valence-electron chi connectivity index (χ1n) is 7.69. The maximum atomic E-state index is 4.70. The van der Waals surface area contributed by atoms with Crippen LogP contribution in [0.15, 0.2) is 18.6 Å². The summed E-state index contributed by atoms with van der Waals surface area (Å²) in [6.45, 7) is 5.58. The fraction of sp³-hybridized carbons (Fsp3) is 0.600. The third-order valence-electron chi connectivity index (χ3n) is 4.36. The van der Waals surface area contributed by atoms with Gasteiger partial charge in [0.2, 0.25) is 0 Å². The summed E-state index contributed by atoms with van der Waals surface area (Å²) in [4.78, 5) is 13.9. The Hall–Kier alpha value is -1.82. The number of likely N-dealkylation sites (tertiary alicyclic amines) is 1. The summed E-state index contributed by atoms with van der Waals surface area (Å²) in [6.07, 6.45) is 8.32. The Balaban J connectivity index is 1.86. The molecule has 0 amide bonds. The van der Waals surface area contributed by atoms with Crippen LogP contribution in [0.3, 0.4) is 0 Å². The Kier molecular flexibility index (Phi) is 3.96. The Morgan fingerprint density at radius 1 is 1.48 bits per heavy atom. The smallest absolute Gasteiger partial charge is 0.180 e. The average Bonchev–Trinajstić information content (AvgIpc) is 3.14. The molecule has 1 unspecified atom stereocenters. The lowest BCUT2D eigenvalue weighted by atomic mass is 10.2. The van der Waals surface area contributed by atoms with Crippen LogP contribution in [0.25, 0.3) is 5.65 Å². The van der Waals surface area contributed by atoms with E-state index in [1.54, 1.807) is 0 Å². The molecule has 3 heterocycles. The van der Waals surface area contributed by atoms with Gasteiger partial charge in [-0.15, -0.1) is 0 Å². The van der Waals surface area contributed by atoms with Crippen molar-refractivity contribution < 1.29 is 0 Å². The first-order chi connectivity index (χ1) is 10.2. The number of imidazole rings is 1. The zero-order valence-corrected chi connectivity index (χ0v) is 13.1.